The van der Waals surface area contributed by atoms with Crippen LogP contribution in [0.3, 0.4) is 0 Å². The molecule has 0 fully saturated rings. The number of halogens is 1. The van der Waals surface area contributed by atoms with E-state index in [0.717, 1.165) is 22.3 Å². The van der Waals surface area contributed by atoms with E-state index < -0.39 is 6.04 Å². The normalized spacial score (nSPS) is 11.5. The van der Waals surface area contributed by atoms with Gasteiger partial charge in [0.05, 0.1) is 0 Å². The molecule has 0 aromatic heterocycles. The van der Waals surface area contributed by atoms with Gasteiger partial charge < -0.3 is 15.0 Å². The summed E-state index contributed by atoms with van der Waals surface area (Å²) in [7, 11) is 0. The number of rotatable bonds is 10. The van der Waals surface area contributed by atoms with Crippen molar-refractivity contribution in [3.63, 3.8) is 0 Å². The number of carbonyl (C=O) groups is 2. The first kappa shape index (κ1) is 25.3. The molecule has 0 aliphatic carbocycles. The predicted molar refractivity (Wildman–Crippen MR) is 136 cm³/mol. The van der Waals surface area contributed by atoms with Gasteiger partial charge in [0.15, 0.2) is 6.61 Å². The van der Waals surface area contributed by atoms with Gasteiger partial charge in [-0.1, -0.05) is 60.1 Å². The molecule has 0 heterocycles. The molecular weight excluding hydrogens is 448 g/mol. The minimum absolute atomic E-state index is 0.173. The van der Waals surface area contributed by atoms with Crippen molar-refractivity contribution in [2.24, 2.45) is 0 Å². The van der Waals surface area contributed by atoms with Crippen molar-refractivity contribution in [1.29, 1.82) is 0 Å². The molecule has 0 unspecified atom stereocenters. The second-order valence-electron chi connectivity index (χ2n) is 8.29. The number of nitrogens with zero attached hydrogens (tertiary/aromatic N) is 1. The molecule has 6 heteroatoms. The maximum atomic E-state index is 13.5. The standard InChI is InChI=1S/C28H31ClN2O3/c1-4-30-28(33)26(17-22-9-6-5-7-10-22)31(18-23-11-8-12-24(29)16-23)27(32)19-34-25-14-13-20(2)21(3)15-25/h5-16,26H,4,17-19H2,1-3H3,(H,30,33)/t26-/m0/s1. The Morgan fingerprint density at radius 1 is 0.941 bits per heavy atom. The maximum absolute atomic E-state index is 13.5. The summed E-state index contributed by atoms with van der Waals surface area (Å²) >= 11 is 6.19. The van der Waals surface area contributed by atoms with Crippen LogP contribution in [-0.2, 0) is 22.6 Å². The molecule has 178 valence electrons. The molecule has 1 atom stereocenters. The highest BCUT2D eigenvalue weighted by Crippen LogP contribution is 2.19. The molecule has 0 aliphatic heterocycles. The monoisotopic (exact) mass is 478 g/mol. The summed E-state index contributed by atoms with van der Waals surface area (Å²) in [5.74, 6) is 0.148. The second kappa shape index (κ2) is 12.2. The van der Waals surface area contributed by atoms with Crippen molar-refractivity contribution < 1.29 is 14.3 Å². The predicted octanol–water partition coefficient (Wildman–Crippen LogP) is 5.11. The number of hydrogen-bond donors (Lipinski definition) is 1. The van der Waals surface area contributed by atoms with Gasteiger partial charge >= 0.3 is 0 Å². The van der Waals surface area contributed by atoms with E-state index in [1.807, 2.05) is 87.5 Å². The molecule has 0 bridgehead atoms. The third kappa shape index (κ3) is 7.09. The zero-order chi connectivity index (χ0) is 24.5. The van der Waals surface area contributed by atoms with Crippen LogP contribution in [0.25, 0.3) is 0 Å². The Morgan fingerprint density at radius 3 is 2.35 bits per heavy atom. The molecule has 0 saturated heterocycles. The zero-order valence-electron chi connectivity index (χ0n) is 19.9. The van der Waals surface area contributed by atoms with E-state index in [9.17, 15) is 9.59 Å². The average molecular weight is 479 g/mol. The highest BCUT2D eigenvalue weighted by atomic mass is 35.5. The molecule has 2 amide bonds. The fourth-order valence-electron chi connectivity index (χ4n) is 3.71. The highest BCUT2D eigenvalue weighted by molar-refractivity contribution is 6.30. The Kier molecular flexibility index (Phi) is 9.11. The quantitative estimate of drug-likeness (QED) is 0.440. The van der Waals surface area contributed by atoms with Crippen LogP contribution in [0, 0.1) is 13.8 Å². The van der Waals surface area contributed by atoms with Crippen molar-refractivity contribution in [3.05, 3.63) is 100 Å². The zero-order valence-corrected chi connectivity index (χ0v) is 20.6. The van der Waals surface area contributed by atoms with Gasteiger partial charge in [-0.05, 0) is 67.3 Å². The first-order valence-corrected chi connectivity index (χ1v) is 11.8. The van der Waals surface area contributed by atoms with Crippen LogP contribution < -0.4 is 10.1 Å². The summed E-state index contributed by atoms with van der Waals surface area (Å²) < 4.78 is 5.84. The van der Waals surface area contributed by atoms with Gasteiger partial charge in [-0.2, -0.15) is 0 Å². The van der Waals surface area contributed by atoms with Gasteiger partial charge in [-0.3, -0.25) is 9.59 Å². The summed E-state index contributed by atoms with van der Waals surface area (Å²) in [5, 5.41) is 3.46. The van der Waals surface area contributed by atoms with E-state index in [4.69, 9.17) is 16.3 Å². The van der Waals surface area contributed by atoms with Crippen molar-refractivity contribution in [1.82, 2.24) is 10.2 Å². The SMILES string of the molecule is CCNC(=O)[C@H](Cc1ccccc1)N(Cc1cccc(Cl)c1)C(=O)COc1ccc(C)c(C)c1. The molecule has 3 rings (SSSR count). The Morgan fingerprint density at radius 2 is 1.68 bits per heavy atom. The van der Waals surface area contributed by atoms with E-state index in [1.54, 1.807) is 11.0 Å². The molecule has 1 N–H and O–H groups in total. The van der Waals surface area contributed by atoms with Gasteiger partial charge in [-0.15, -0.1) is 0 Å². The average Bonchev–Trinajstić information content (AvgIpc) is 2.82. The number of likely N-dealkylation sites (N-methyl/N-ethyl adjacent to an activating group) is 1. The van der Waals surface area contributed by atoms with Crippen LogP contribution in [0.4, 0.5) is 0 Å². The van der Waals surface area contributed by atoms with Crippen LogP contribution in [0.1, 0.15) is 29.2 Å². The van der Waals surface area contributed by atoms with Gasteiger partial charge in [-0.25, -0.2) is 0 Å². The van der Waals surface area contributed by atoms with E-state index >= 15 is 0 Å². The van der Waals surface area contributed by atoms with E-state index in [2.05, 4.69) is 5.32 Å². The largest absolute Gasteiger partial charge is 0.484 e. The smallest absolute Gasteiger partial charge is 0.261 e. The van der Waals surface area contributed by atoms with Crippen LogP contribution in [-0.4, -0.2) is 35.9 Å². The topological polar surface area (TPSA) is 58.6 Å². The number of ether oxygens (including phenoxy) is 1. The molecule has 34 heavy (non-hydrogen) atoms. The van der Waals surface area contributed by atoms with Gasteiger partial charge in [0.1, 0.15) is 11.8 Å². The van der Waals surface area contributed by atoms with Crippen molar-refractivity contribution >= 4 is 23.4 Å². The van der Waals surface area contributed by atoms with Gasteiger partial charge in [0.25, 0.3) is 5.91 Å². The summed E-state index contributed by atoms with van der Waals surface area (Å²) in [5.41, 5.74) is 4.05. The number of benzene rings is 3. The third-order valence-electron chi connectivity index (χ3n) is 5.70. The lowest BCUT2D eigenvalue weighted by atomic mass is 10.0. The highest BCUT2D eigenvalue weighted by Gasteiger charge is 2.30. The first-order chi connectivity index (χ1) is 16.4. The molecule has 0 aliphatic rings. The summed E-state index contributed by atoms with van der Waals surface area (Å²) in [4.78, 5) is 28.2. The lowest BCUT2D eigenvalue weighted by Crippen LogP contribution is -2.51. The molecule has 3 aromatic rings. The molecule has 0 spiro atoms. The Labute approximate surface area is 206 Å². The number of aryl methyl sites for hydroxylation is 2. The van der Waals surface area contributed by atoms with Crippen LogP contribution in [0.2, 0.25) is 5.02 Å². The Hall–Kier alpha value is -3.31. The van der Waals surface area contributed by atoms with E-state index in [-0.39, 0.29) is 25.0 Å². The summed E-state index contributed by atoms with van der Waals surface area (Å²) in [6.45, 7) is 6.43. The fourth-order valence-corrected chi connectivity index (χ4v) is 3.92. The molecular formula is C28H31ClN2O3. The van der Waals surface area contributed by atoms with Gasteiger partial charge in [0.2, 0.25) is 5.91 Å². The molecule has 0 radical (unpaired) electrons. The lowest BCUT2D eigenvalue weighted by molar-refractivity contribution is -0.142. The van der Waals surface area contributed by atoms with Crippen LogP contribution in [0.15, 0.2) is 72.8 Å². The Balaban J connectivity index is 1.89. The second-order valence-corrected chi connectivity index (χ2v) is 8.72. The van der Waals surface area contributed by atoms with E-state index in [0.29, 0.717) is 23.7 Å². The lowest BCUT2D eigenvalue weighted by Gasteiger charge is -2.31. The van der Waals surface area contributed by atoms with Crippen LogP contribution >= 0.6 is 11.6 Å². The molecule has 5 nitrogen and oxygen atoms in total. The van der Waals surface area contributed by atoms with Crippen molar-refractivity contribution in [2.45, 2.75) is 39.8 Å². The van der Waals surface area contributed by atoms with E-state index in [1.165, 1.54) is 0 Å². The third-order valence-corrected chi connectivity index (χ3v) is 5.94. The van der Waals surface area contributed by atoms with Crippen LogP contribution in [0.5, 0.6) is 5.75 Å². The summed E-state index contributed by atoms with van der Waals surface area (Å²) in [6.07, 6.45) is 0.391. The number of nitrogens with one attached hydrogen (secondary N) is 1. The number of amides is 2. The molecule has 0 saturated carbocycles. The van der Waals surface area contributed by atoms with Crippen molar-refractivity contribution in [3.8, 4) is 5.75 Å². The van der Waals surface area contributed by atoms with Crippen molar-refractivity contribution in [2.75, 3.05) is 13.2 Å². The Bertz CT molecular complexity index is 1120. The first-order valence-electron chi connectivity index (χ1n) is 11.4. The summed E-state index contributed by atoms with van der Waals surface area (Å²) in [6, 6.07) is 22.1. The van der Waals surface area contributed by atoms with Gasteiger partial charge in [0, 0.05) is 24.5 Å². The minimum atomic E-state index is -0.697. The maximum Gasteiger partial charge on any atom is 0.261 e. The number of hydrogen-bond acceptors (Lipinski definition) is 3. The molecule has 3 aromatic carbocycles. The fraction of sp³-hybridized carbons (Fsp3) is 0.286. The number of carbonyl (C=O) groups excluding carboxylic acids is 2. The minimum Gasteiger partial charge on any atom is -0.484 e.